The van der Waals surface area contributed by atoms with E-state index in [0.29, 0.717) is 24.9 Å². The van der Waals surface area contributed by atoms with Crippen molar-refractivity contribution in [1.82, 2.24) is 10.2 Å². The molecule has 2 amide bonds. The Morgan fingerprint density at radius 3 is 2.52 bits per heavy atom. The lowest BCUT2D eigenvalue weighted by atomic mass is 10.1. The van der Waals surface area contributed by atoms with Crippen molar-refractivity contribution >= 4 is 11.8 Å². The third kappa shape index (κ3) is 4.76. The molecule has 0 spiro atoms. The molecule has 1 aliphatic heterocycles. The third-order valence-corrected chi connectivity index (χ3v) is 3.84. The number of hydrogen-bond donors (Lipinski definition) is 2. The van der Waals surface area contributed by atoms with Gasteiger partial charge in [0.15, 0.2) is 0 Å². The summed E-state index contributed by atoms with van der Waals surface area (Å²) in [7, 11) is 0. The van der Waals surface area contributed by atoms with E-state index in [0.717, 1.165) is 0 Å². The molecule has 1 heterocycles. The minimum absolute atomic E-state index is 0.119. The third-order valence-electron chi connectivity index (χ3n) is 3.84. The summed E-state index contributed by atoms with van der Waals surface area (Å²) < 4.78 is 13.0. The van der Waals surface area contributed by atoms with Crippen LogP contribution in [-0.4, -0.2) is 41.0 Å². The van der Waals surface area contributed by atoms with E-state index in [1.54, 1.807) is 4.90 Å². The first-order valence-corrected chi connectivity index (χ1v) is 7.88. The highest BCUT2D eigenvalue weighted by Crippen LogP contribution is 2.18. The molecule has 0 saturated carbocycles. The van der Waals surface area contributed by atoms with Crippen LogP contribution in [-0.2, 0) is 9.59 Å². The molecule has 126 valence electrons. The Morgan fingerprint density at radius 1 is 1.35 bits per heavy atom. The zero-order valence-electron chi connectivity index (χ0n) is 13.5. The van der Waals surface area contributed by atoms with Crippen LogP contribution in [0.15, 0.2) is 24.3 Å². The number of nitrogens with one attached hydrogen (secondary N) is 1. The maximum Gasteiger partial charge on any atom is 0.245 e. The predicted molar refractivity (Wildman–Crippen MR) is 83.9 cm³/mol. The Kier molecular flexibility index (Phi) is 5.71. The zero-order chi connectivity index (χ0) is 17.0. The molecular formula is C17H23FN2O3. The molecule has 1 fully saturated rings. The smallest absolute Gasteiger partial charge is 0.245 e. The number of carbonyl (C=O) groups excluding carboxylic acids is 2. The summed E-state index contributed by atoms with van der Waals surface area (Å²) in [5.41, 5.74) is 0.559. The van der Waals surface area contributed by atoms with Gasteiger partial charge in [0.05, 0.1) is 12.6 Å². The van der Waals surface area contributed by atoms with E-state index in [-0.39, 0.29) is 30.1 Å². The summed E-state index contributed by atoms with van der Waals surface area (Å²) in [6, 6.07) is 5.07. The van der Waals surface area contributed by atoms with Gasteiger partial charge < -0.3 is 15.3 Å². The number of hydrogen-bond acceptors (Lipinski definition) is 3. The summed E-state index contributed by atoms with van der Waals surface area (Å²) in [6.45, 7) is 4.58. The van der Waals surface area contributed by atoms with Crippen molar-refractivity contribution in [1.29, 1.82) is 0 Å². The molecule has 6 heteroatoms. The van der Waals surface area contributed by atoms with Crippen LogP contribution >= 0.6 is 0 Å². The van der Waals surface area contributed by atoms with Crippen LogP contribution in [0.25, 0.3) is 0 Å². The van der Waals surface area contributed by atoms with Crippen molar-refractivity contribution < 1.29 is 19.1 Å². The van der Waals surface area contributed by atoms with Gasteiger partial charge in [0, 0.05) is 13.0 Å². The summed E-state index contributed by atoms with van der Waals surface area (Å²) in [5.74, 6) is -0.432. The van der Waals surface area contributed by atoms with Gasteiger partial charge in [0.25, 0.3) is 0 Å². The highest BCUT2D eigenvalue weighted by molar-refractivity contribution is 5.90. The van der Waals surface area contributed by atoms with E-state index in [1.807, 2.05) is 13.8 Å². The molecule has 23 heavy (non-hydrogen) atoms. The largest absolute Gasteiger partial charge is 0.387 e. The fourth-order valence-electron chi connectivity index (χ4n) is 2.71. The minimum atomic E-state index is -0.893. The van der Waals surface area contributed by atoms with Crippen molar-refractivity contribution in [2.24, 2.45) is 5.92 Å². The van der Waals surface area contributed by atoms with Gasteiger partial charge in [-0.3, -0.25) is 9.59 Å². The maximum absolute atomic E-state index is 13.0. The summed E-state index contributed by atoms with van der Waals surface area (Å²) in [5, 5.41) is 13.0. The summed E-state index contributed by atoms with van der Waals surface area (Å²) in [4.78, 5) is 25.5. The molecule has 0 aromatic heterocycles. The van der Waals surface area contributed by atoms with Crippen LogP contribution in [0.2, 0.25) is 0 Å². The summed E-state index contributed by atoms with van der Waals surface area (Å²) in [6.07, 6.45) is -0.0545. The fourth-order valence-corrected chi connectivity index (χ4v) is 2.71. The number of amides is 2. The van der Waals surface area contributed by atoms with Crippen LogP contribution in [0.4, 0.5) is 4.39 Å². The maximum atomic E-state index is 13.0. The van der Waals surface area contributed by atoms with Crippen molar-refractivity contribution in [2.75, 3.05) is 13.1 Å². The van der Waals surface area contributed by atoms with E-state index < -0.39 is 12.1 Å². The Hall–Kier alpha value is -1.95. The number of aliphatic hydroxyl groups is 1. The van der Waals surface area contributed by atoms with Crippen molar-refractivity contribution in [3.05, 3.63) is 35.6 Å². The average Bonchev–Trinajstić information content (AvgIpc) is 2.92. The van der Waals surface area contributed by atoms with E-state index in [1.165, 1.54) is 24.3 Å². The van der Waals surface area contributed by atoms with Gasteiger partial charge in [-0.1, -0.05) is 26.0 Å². The molecule has 1 aliphatic rings. The first kappa shape index (κ1) is 17.4. The molecule has 2 rings (SSSR count). The van der Waals surface area contributed by atoms with Gasteiger partial charge in [0.1, 0.15) is 11.9 Å². The number of nitrogens with zero attached hydrogens (tertiary/aromatic N) is 1. The van der Waals surface area contributed by atoms with Gasteiger partial charge in [-0.15, -0.1) is 0 Å². The van der Waals surface area contributed by atoms with Crippen LogP contribution < -0.4 is 5.32 Å². The zero-order valence-corrected chi connectivity index (χ0v) is 13.5. The van der Waals surface area contributed by atoms with Crippen LogP contribution in [0, 0.1) is 11.7 Å². The number of aliphatic hydroxyl groups excluding tert-OH is 1. The molecule has 1 aromatic rings. The van der Waals surface area contributed by atoms with Gasteiger partial charge in [-0.05, 0) is 30.0 Å². The number of carbonyl (C=O) groups is 2. The Balaban J connectivity index is 2.06. The lowest BCUT2D eigenvalue weighted by molar-refractivity contribution is -0.136. The highest BCUT2D eigenvalue weighted by Gasteiger charge is 2.31. The van der Waals surface area contributed by atoms with E-state index in [9.17, 15) is 19.1 Å². The van der Waals surface area contributed by atoms with Crippen LogP contribution in [0.5, 0.6) is 0 Å². The molecule has 0 aliphatic carbocycles. The van der Waals surface area contributed by atoms with Crippen molar-refractivity contribution in [2.45, 2.75) is 38.8 Å². The van der Waals surface area contributed by atoms with Crippen molar-refractivity contribution in [3.63, 3.8) is 0 Å². The lowest BCUT2D eigenvalue weighted by Gasteiger charge is -2.29. The predicted octanol–water partition coefficient (Wildman–Crippen LogP) is 1.62. The molecule has 1 saturated heterocycles. The molecule has 2 N–H and O–H groups in total. The SMILES string of the molecule is CC(C)CN(C[C@@H](O)c1ccc(F)cc1)C(=O)[C@H]1CCC(=O)N1. The van der Waals surface area contributed by atoms with Crippen LogP contribution in [0.3, 0.4) is 0 Å². The number of rotatable bonds is 6. The molecule has 2 atom stereocenters. The fraction of sp³-hybridized carbons (Fsp3) is 0.529. The molecule has 0 radical (unpaired) electrons. The first-order valence-electron chi connectivity index (χ1n) is 7.88. The summed E-state index contributed by atoms with van der Waals surface area (Å²) >= 11 is 0. The highest BCUT2D eigenvalue weighted by atomic mass is 19.1. The Labute approximate surface area is 135 Å². The monoisotopic (exact) mass is 322 g/mol. The Morgan fingerprint density at radius 2 is 2.00 bits per heavy atom. The molecular weight excluding hydrogens is 299 g/mol. The molecule has 0 bridgehead atoms. The van der Waals surface area contributed by atoms with Gasteiger partial charge in [0.2, 0.25) is 11.8 Å². The minimum Gasteiger partial charge on any atom is -0.387 e. The van der Waals surface area contributed by atoms with Gasteiger partial charge >= 0.3 is 0 Å². The normalized spacial score (nSPS) is 18.8. The molecule has 5 nitrogen and oxygen atoms in total. The van der Waals surface area contributed by atoms with E-state index >= 15 is 0 Å². The van der Waals surface area contributed by atoms with Gasteiger partial charge in [-0.2, -0.15) is 0 Å². The Bertz CT molecular complexity index is 559. The molecule has 1 aromatic carbocycles. The molecule has 0 unspecified atom stereocenters. The second kappa shape index (κ2) is 7.55. The topological polar surface area (TPSA) is 69.6 Å². The van der Waals surface area contributed by atoms with Crippen molar-refractivity contribution in [3.8, 4) is 0 Å². The average molecular weight is 322 g/mol. The number of benzene rings is 1. The number of halogens is 1. The second-order valence-electron chi connectivity index (χ2n) is 6.36. The quantitative estimate of drug-likeness (QED) is 0.836. The first-order chi connectivity index (χ1) is 10.9. The van der Waals surface area contributed by atoms with Crippen LogP contribution in [0.1, 0.15) is 38.4 Å². The van der Waals surface area contributed by atoms with E-state index in [4.69, 9.17) is 0 Å². The lowest BCUT2D eigenvalue weighted by Crippen LogP contribution is -2.47. The van der Waals surface area contributed by atoms with E-state index in [2.05, 4.69) is 5.32 Å². The second-order valence-corrected chi connectivity index (χ2v) is 6.36. The van der Waals surface area contributed by atoms with Gasteiger partial charge in [-0.25, -0.2) is 4.39 Å². The standard InChI is InChI=1S/C17H23FN2O3/c1-11(2)9-20(17(23)14-7-8-16(22)19-14)10-15(21)12-3-5-13(18)6-4-12/h3-6,11,14-15,21H,7-10H2,1-2H3,(H,19,22)/t14-,15-/m1/s1.